The minimum atomic E-state index is -1.51. The van der Waals surface area contributed by atoms with Crippen LogP contribution in [0.5, 0.6) is 0 Å². The van der Waals surface area contributed by atoms with Gasteiger partial charge in [0.25, 0.3) is 0 Å². The van der Waals surface area contributed by atoms with Gasteiger partial charge in [0, 0.05) is 0 Å². The molecular weight excluding hydrogens is 592 g/mol. The minimum absolute atomic E-state index is 0.0692. The van der Waals surface area contributed by atoms with Crippen LogP contribution in [0.2, 0.25) is 0 Å². The van der Waals surface area contributed by atoms with Gasteiger partial charge in [-0.15, -0.1) is 0 Å². The number of carbonyl (C=O) groups is 2. The number of aliphatic hydroxyl groups is 4. The molecule has 46 heavy (non-hydrogen) atoms. The molecule has 5 aliphatic carbocycles. The van der Waals surface area contributed by atoms with E-state index >= 15 is 0 Å². The third-order valence-corrected chi connectivity index (χ3v) is 15.3. The van der Waals surface area contributed by atoms with Crippen molar-refractivity contribution in [3.05, 3.63) is 11.6 Å². The molecule has 0 aromatic carbocycles. The number of allylic oxidation sites excluding steroid dienone is 1. The zero-order chi connectivity index (χ0) is 33.8. The van der Waals surface area contributed by atoms with E-state index < -0.39 is 70.9 Å². The molecule has 10 heteroatoms. The van der Waals surface area contributed by atoms with E-state index in [1.807, 2.05) is 0 Å². The number of carboxylic acid groups (broad SMARTS) is 2. The molecule has 1 saturated heterocycles. The van der Waals surface area contributed by atoms with E-state index in [0.717, 1.165) is 31.3 Å². The normalized spacial score (nSPS) is 53.1. The van der Waals surface area contributed by atoms with E-state index in [9.17, 15) is 40.2 Å². The second kappa shape index (κ2) is 11.2. The molecule has 10 nitrogen and oxygen atoms in total. The van der Waals surface area contributed by atoms with Gasteiger partial charge in [-0.1, -0.05) is 53.2 Å². The van der Waals surface area contributed by atoms with E-state index in [-0.39, 0.29) is 35.2 Å². The SMILES string of the molecule is C[C@@H]1[C@H](C)CC[C@]2(C(=O)O)CC[C@]3(C(=O)O)C(=CC[C@@H]4[C@@]5(C)CC[C@H](O[C@@H]6O[C@H](CO)[C@@H](O)[C@H](O)[C@H]6O)C(C)(C)[C@@H]5CC[C@]43C)[C@@H]12. The molecule has 6 aliphatic rings. The second-order valence-corrected chi connectivity index (χ2v) is 17.2. The van der Waals surface area contributed by atoms with Gasteiger partial charge in [0.2, 0.25) is 0 Å². The Bertz CT molecular complexity index is 1260. The average molecular weight is 649 g/mol. The van der Waals surface area contributed by atoms with Gasteiger partial charge >= 0.3 is 11.9 Å². The number of aliphatic carboxylic acids is 2. The summed E-state index contributed by atoms with van der Waals surface area (Å²) in [5.41, 5.74) is -2.32. The molecule has 0 spiro atoms. The molecule has 0 aromatic heterocycles. The summed E-state index contributed by atoms with van der Waals surface area (Å²) >= 11 is 0. The van der Waals surface area contributed by atoms with Crippen molar-refractivity contribution >= 4 is 11.9 Å². The summed E-state index contributed by atoms with van der Waals surface area (Å²) in [4.78, 5) is 26.8. The summed E-state index contributed by atoms with van der Waals surface area (Å²) in [7, 11) is 0. The number of carboxylic acids is 2. The van der Waals surface area contributed by atoms with Crippen LogP contribution >= 0.6 is 0 Å². The maximum absolute atomic E-state index is 13.8. The van der Waals surface area contributed by atoms with E-state index in [1.54, 1.807) is 0 Å². The molecule has 0 radical (unpaired) electrons. The van der Waals surface area contributed by atoms with Gasteiger partial charge in [-0.05, 0) is 104 Å². The maximum atomic E-state index is 13.8. The summed E-state index contributed by atoms with van der Waals surface area (Å²) in [6.07, 6.45) is 0.942. The quantitative estimate of drug-likeness (QED) is 0.189. The fraction of sp³-hybridized carbons (Fsp3) is 0.889. The molecule has 6 N–H and O–H groups in total. The van der Waals surface area contributed by atoms with Gasteiger partial charge in [0.15, 0.2) is 6.29 Å². The monoisotopic (exact) mass is 648 g/mol. The first-order chi connectivity index (χ1) is 21.4. The lowest BCUT2D eigenvalue weighted by Gasteiger charge is -2.70. The first-order valence-electron chi connectivity index (χ1n) is 17.6. The van der Waals surface area contributed by atoms with E-state index in [0.29, 0.717) is 38.0 Å². The van der Waals surface area contributed by atoms with Crippen molar-refractivity contribution in [2.24, 2.45) is 56.7 Å². The third kappa shape index (κ3) is 4.35. The fourth-order valence-electron chi connectivity index (χ4n) is 12.6. The molecule has 0 unspecified atom stereocenters. The van der Waals surface area contributed by atoms with Gasteiger partial charge in [0.1, 0.15) is 24.4 Å². The number of hydrogen-bond acceptors (Lipinski definition) is 8. The van der Waals surface area contributed by atoms with E-state index in [4.69, 9.17) is 9.47 Å². The second-order valence-electron chi connectivity index (χ2n) is 17.2. The van der Waals surface area contributed by atoms with Crippen molar-refractivity contribution in [3.8, 4) is 0 Å². The minimum Gasteiger partial charge on any atom is -0.481 e. The van der Waals surface area contributed by atoms with Gasteiger partial charge in [-0.3, -0.25) is 9.59 Å². The van der Waals surface area contributed by atoms with Crippen molar-refractivity contribution in [1.29, 1.82) is 0 Å². The largest absolute Gasteiger partial charge is 0.481 e. The van der Waals surface area contributed by atoms with Crippen molar-refractivity contribution in [2.75, 3.05) is 6.61 Å². The van der Waals surface area contributed by atoms with Crippen LogP contribution in [0.25, 0.3) is 0 Å². The number of ether oxygens (including phenoxy) is 2. The third-order valence-electron chi connectivity index (χ3n) is 15.3. The predicted molar refractivity (Wildman–Crippen MR) is 167 cm³/mol. The van der Waals surface area contributed by atoms with Crippen LogP contribution in [-0.2, 0) is 19.1 Å². The van der Waals surface area contributed by atoms with Crippen molar-refractivity contribution < 1.29 is 49.7 Å². The van der Waals surface area contributed by atoms with Gasteiger partial charge in [-0.2, -0.15) is 0 Å². The lowest BCUT2D eigenvalue weighted by molar-refractivity contribution is -0.330. The number of rotatable bonds is 5. The topological polar surface area (TPSA) is 174 Å². The van der Waals surface area contributed by atoms with Crippen LogP contribution in [0, 0.1) is 56.7 Å². The molecule has 1 heterocycles. The van der Waals surface area contributed by atoms with Crippen molar-refractivity contribution in [2.45, 2.75) is 136 Å². The van der Waals surface area contributed by atoms with Crippen LogP contribution in [0.1, 0.15) is 99.3 Å². The summed E-state index contributed by atoms with van der Waals surface area (Å²) in [6, 6.07) is 0. The van der Waals surface area contributed by atoms with Crippen LogP contribution in [-0.4, -0.2) is 86.0 Å². The molecule has 15 atom stereocenters. The summed E-state index contributed by atoms with van der Waals surface area (Å²) in [5, 5.41) is 63.0. The highest BCUT2D eigenvalue weighted by atomic mass is 16.7. The molecule has 260 valence electrons. The molecule has 0 amide bonds. The predicted octanol–water partition coefficient (Wildman–Crippen LogP) is 3.98. The first kappa shape index (κ1) is 34.3. The van der Waals surface area contributed by atoms with Crippen LogP contribution < -0.4 is 0 Å². The van der Waals surface area contributed by atoms with Gasteiger partial charge in [-0.25, -0.2) is 0 Å². The molecule has 4 saturated carbocycles. The Morgan fingerprint density at radius 3 is 2.20 bits per heavy atom. The van der Waals surface area contributed by atoms with Crippen molar-refractivity contribution in [1.82, 2.24) is 0 Å². The molecular formula is C36H56O10. The van der Waals surface area contributed by atoms with Crippen LogP contribution in [0.3, 0.4) is 0 Å². The fourth-order valence-corrected chi connectivity index (χ4v) is 12.6. The smallest absolute Gasteiger partial charge is 0.314 e. The number of fused-ring (bicyclic) bond motifs is 7. The summed E-state index contributed by atoms with van der Waals surface area (Å²) < 4.78 is 12.1. The highest BCUT2D eigenvalue weighted by Crippen LogP contribution is 2.76. The Labute approximate surface area is 272 Å². The molecule has 1 aliphatic heterocycles. The zero-order valence-corrected chi connectivity index (χ0v) is 28.3. The Kier molecular flexibility index (Phi) is 8.38. The zero-order valence-electron chi connectivity index (χ0n) is 28.3. The Hall–Kier alpha value is -1.56. The standard InChI is InChI=1S/C36H56O10/c1-18-9-14-35(30(41)42)15-16-36(31(43)44)20(25(35)19(18)2)7-8-23-33(5)12-11-24(32(3,4)22(33)10-13-34(23,36)6)46-29-28(40)27(39)26(38)21(17-37)45-29/h7,18-19,21-29,37-40H,8-17H2,1-6H3,(H,41,42)(H,43,44)/t18-,19-,21-,22+,23-,24+,25-,26-,27+,28-,29+,33+,34-,35+,36-/m1/s1. The average Bonchev–Trinajstić information content (AvgIpc) is 2.99. The highest BCUT2D eigenvalue weighted by molar-refractivity contribution is 5.84. The Morgan fingerprint density at radius 1 is 0.870 bits per heavy atom. The van der Waals surface area contributed by atoms with Crippen LogP contribution in [0.15, 0.2) is 11.6 Å². The van der Waals surface area contributed by atoms with Gasteiger partial charge in [0.05, 0.1) is 23.5 Å². The Morgan fingerprint density at radius 2 is 1.57 bits per heavy atom. The lowest BCUT2D eigenvalue weighted by Crippen LogP contribution is -2.68. The lowest BCUT2D eigenvalue weighted by atomic mass is 9.33. The summed E-state index contributed by atoms with van der Waals surface area (Å²) in [5.74, 6) is -1.24. The van der Waals surface area contributed by atoms with E-state index in [2.05, 4.69) is 47.6 Å². The molecule has 0 aromatic rings. The highest BCUT2D eigenvalue weighted by Gasteiger charge is 2.73. The number of hydrogen-bond donors (Lipinski definition) is 6. The van der Waals surface area contributed by atoms with Gasteiger partial charge < -0.3 is 40.1 Å². The molecule has 6 rings (SSSR count). The Balaban J connectivity index is 1.34. The van der Waals surface area contributed by atoms with Crippen molar-refractivity contribution in [3.63, 3.8) is 0 Å². The molecule has 0 bridgehead atoms. The van der Waals surface area contributed by atoms with E-state index in [1.165, 1.54) is 0 Å². The van der Waals surface area contributed by atoms with Crippen LogP contribution in [0.4, 0.5) is 0 Å². The molecule has 5 fully saturated rings. The first-order valence-corrected chi connectivity index (χ1v) is 17.6. The number of aliphatic hydroxyl groups excluding tert-OH is 4. The summed E-state index contributed by atoms with van der Waals surface area (Å²) in [6.45, 7) is 12.6. The maximum Gasteiger partial charge on any atom is 0.314 e.